The van der Waals surface area contributed by atoms with Gasteiger partial charge in [0.05, 0.1) is 6.04 Å². The van der Waals surface area contributed by atoms with E-state index in [2.05, 4.69) is 59.4 Å². The van der Waals surface area contributed by atoms with Crippen molar-refractivity contribution < 1.29 is 5.11 Å². The fourth-order valence-corrected chi connectivity index (χ4v) is 2.52. The second kappa shape index (κ2) is 7.33. The van der Waals surface area contributed by atoms with Crippen molar-refractivity contribution >= 4 is 5.82 Å². The summed E-state index contributed by atoms with van der Waals surface area (Å²) in [5, 5.41) is 12.7. The third-order valence-corrected chi connectivity index (χ3v) is 3.48. The molecule has 0 saturated heterocycles. The van der Waals surface area contributed by atoms with Gasteiger partial charge in [0.2, 0.25) is 0 Å². The summed E-state index contributed by atoms with van der Waals surface area (Å²) in [6.45, 7) is 4.71. The van der Waals surface area contributed by atoms with Gasteiger partial charge in [-0.3, -0.25) is 0 Å². The first-order valence-corrected chi connectivity index (χ1v) is 7.42. The van der Waals surface area contributed by atoms with Gasteiger partial charge >= 0.3 is 0 Å². The van der Waals surface area contributed by atoms with Gasteiger partial charge in [-0.25, -0.2) is 9.97 Å². The first-order chi connectivity index (χ1) is 10.5. The van der Waals surface area contributed by atoms with Gasteiger partial charge in [-0.15, -0.1) is 0 Å². The number of benzene rings is 1. The van der Waals surface area contributed by atoms with Gasteiger partial charge in [0.1, 0.15) is 12.4 Å². The summed E-state index contributed by atoms with van der Waals surface area (Å²) >= 11 is 0. The molecule has 1 aromatic carbocycles. The molecule has 1 aromatic heterocycles. The fraction of sp³-hybridized carbons (Fsp3) is 0.412. The van der Waals surface area contributed by atoms with Crippen molar-refractivity contribution in [3.05, 3.63) is 53.0 Å². The van der Waals surface area contributed by atoms with Crippen molar-refractivity contribution in [1.82, 2.24) is 14.9 Å². The lowest BCUT2D eigenvalue weighted by Crippen LogP contribution is -2.26. The Labute approximate surface area is 132 Å². The number of aryl methyl sites for hydroxylation is 2. The number of hydrogen-bond donors (Lipinski definition) is 2. The van der Waals surface area contributed by atoms with Crippen LogP contribution in [0.3, 0.4) is 0 Å². The number of aliphatic hydroxyl groups is 1. The van der Waals surface area contributed by atoms with E-state index >= 15 is 0 Å². The summed E-state index contributed by atoms with van der Waals surface area (Å²) in [6.07, 6.45) is 0. The number of likely N-dealkylation sites (N-methyl/N-ethyl adjacent to an activating group) is 1. The summed E-state index contributed by atoms with van der Waals surface area (Å²) in [5.74, 6) is 1.18. The van der Waals surface area contributed by atoms with E-state index in [1.807, 2.05) is 19.1 Å². The molecule has 22 heavy (non-hydrogen) atoms. The third kappa shape index (κ3) is 4.26. The highest BCUT2D eigenvalue weighted by Crippen LogP contribution is 2.22. The Morgan fingerprint density at radius 1 is 1.18 bits per heavy atom. The summed E-state index contributed by atoms with van der Waals surface area (Å²) in [6, 6.07) is 10.4. The average molecular weight is 300 g/mol. The smallest absolute Gasteiger partial charge is 0.156 e. The number of anilines is 1. The molecule has 0 aliphatic rings. The molecule has 0 fully saturated rings. The number of hydrogen-bond acceptors (Lipinski definition) is 5. The molecule has 1 heterocycles. The van der Waals surface area contributed by atoms with E-state index in [1.54, 1.807) is 0 Å². The van der Waals surface area contributed by atoms with Crippen LogP contribution in [0.1, 0.15) is 28.7 Å². The van der Waals surface area contributed by atoms with Crippen LogP contribution in [0, 0.1) is 13.8 Å². The molecule has 0 aliphatic heterocycles. The first kappa shape index (κ1) is 16.4. The van der Waals surface area contributed by atoms with E-state index < -0.39 is 0 Å². The van der Waals surface area contributed by atoms with Crippen molar-refractivity contribution in [1.29, 1.82) is 0 Å². The van der Waals surface area contributed by atoms with E-state index in [-0.39, 0.29) is 12.6 Å². The Morgan fingerprint density at radius 2 is 1.91 bits per heavy atom. The predicted octanol–water partition coefficient (Wildman–Crippen LogP) is 2.30. The maximum absolute atomic E-state index is 9.27. The summed E-state index contributed by atoms with van der Waals surface area (Å²) < 4.78 is 0. The molecule has 0 amide bonds. The maximum Gasteiger partial charge on any atom is 0.156 e. The molecular formula is C17H24N4O. The molecule has 5 nitrogen and oxygen atoms in total. The minimum absolute atomic E-state index is 0.122. The summed E-state index contributed by atoms with van der Waals surface area (Å²) in [4.78, 5) is 10.7. The first-order valence-electron chi connectivity index (χ1n) is 7.42. The van der Waals surface area contributed by atoms with E-state index in [0.29, 0.717) is 5.82 Å². The lowest BCUT2D eigenvalue weighted by molar-refractivity contribution is 0.271. The Balaban J connectivity index is 2.31. The zero-order valence-electron chi connectivity index (χ0n) is 13.7. The molecule has 2 N–H and O–H groups in total. The summed E-state index contributed by atoms with van der Waals surface area (Å²) in [7, 11) is 4.11. The Hall–Kier alpha value is -1.98. The van der Waals surface area contributed by atoms with Crippen LogP contribution in [0.4, 0.5) is 5.82 Å². The van der Waals surface area contributed by atoms with E-state index in [1.165, 1.54) is 11.1 Å². The number of aliphatic hydroxyl groups excluding tert-OH is 1. The predicted molar refractivity (Wildman–Crippen MR) is 88.8 cm³/mol. The van der Waals surface area contributed by atoms with Gasteiger partial charge < -0.3 is 15.3 Å². The second-order valence-corrected chi connectivity index (χ2v) is 5.78. The number of nitrogens with one attached hydrogen (secondary N) is 1. The Kier molecular flexibility index (Phi) is 5.46. The van der Waals surface area contributed by atoms with E-state index in [4.69, 9.17) is 0 Å². The largest absolute Gasteiger partial charge is 0.388 e. The highest BCUT2D eigenvalue weighted by atomic mass is 16.3. The molecule has 5 heteroatoms. The van der Waals surface area contributed by atoms with Crippen LogP contribution in [-0.2, 0) is 6.61 Å². The minimum Gasteiger partial charge on any atom is -0.388 e. The highest BCUT2D eigenvalue weighted by Gasteiger charge is 2.15. The van der Waals surface area contributed by atoms with Crippen molar-refractivity contribution in [3.8, 4) is 0 Å². The van der Waals surface area contributed by atoms with Gasteiger partial charge in [-0.2, -0.15) is 0 Å². The maximum atomic E-state index is 9.27. The van der Waals surface area contributed by atoms with Crippen molar-refractivity contribution in [2.45, 2.75) is 26.5 Å². The van der Waals surface area contributed by atoms with Gasteiger partial charge in [0, 0.05) is 18.3 Å². The normalized spacial score (nSPS) is 12.5. The van der Waals surface area contributed by atoms with Crippen molar-refractivity contribution in [3.63, 3.8) is 0 Å². The number of rotatable bonds is 6. The zero-order valence-corrected chi connectivity index (χ0v) is 13.7. The van der Waals surface area contributed by atoms with E-state index in [0.717, 1.165) is 18.1 Å². The zero-order chi connectivity index (χ0) is 16.1. The second-order valence-electron chi connectivity index (χ2n) is 5.78. The lowest BCUT2D eigenvalue weighted by Gasteiger charge is -2.25. The van der Waals surface area contributed by atoms with Crippen molar-refractivity contribution in [2.24, 2.45) is 0 Å². The fourth-order valence-electron chi connectivity index (χ4n) is 2.52. The average Bonchev–Trinajstić information content (AvgIpc) is 2.46. The third-order valence-electron chi connectivity index (χ3n) is 3.48. The minimum atomic E-state index is -0.154. The topological polar surface area (TPSA) is 61.3 Å². The van der Waals surface area contributed by atoms with Crippen LogP contribution in [0.5, 0.6) is 0 Å². The number of aromatic nitrogens is 2. The molecule has 2 rings (SSSR count). The van der Waals surface area contributed by atoms with Crippen LogP contribution in [0.15, 0.2) is 30.3 Å². The standard InChI is InChI=1S/C17H24N4O/c1-12-7-5-6-8-14(12)15(10-21(3)4)19-16-9-13(2)18-17(11-22)20-16/h5-9,15,22H,10-11H2,1-4H3,(H,18,19,20). The van der Waals surface area contributed by atoms with Crippen LogP contribution in [0.2, 0.25) is 0 Å². The number of nitrogens with zero attached hydrogens (tertiary/aromatic N) is 3. The molecule has 0 spiro atoms. The molecule has 2 aromatic rings. The van der Waals surface area contributed by atoms with E-state index in [9.17, 15) is 5.11 Å². The van der Waals surface area contributed by atoms with Crippen molar-refractivity contribution in [2.75, 3.05) is 26.0 Å². The Morgan fingerprint density at radius 3 is 2.55 bits per heavy atom. The molecule has 0 bridgehead atoms. The van der Waals surface area contributed by atoms with Gasteiger partial charge in [-0.1, -0.05) is 24.3 Å². The van der Waals surface area contributed by atoms with Crippen LogP contribution in [0.25, 0.3) is 0 Å². The van der Waals surface area contributed by atoms with Gasteiger partial charge in [-0.05, 0) is 39.1 Å². The molecule has 1 unspecified atom stereocenters. The molecule has 0 aliphatic carbocycles. The monoisotopic (exact) mass is 300 g/mol. The molecule has 0 saturated carbocycles. The lowest BCUT2D eigenvalue weighted by atomic mass is 10.0. The highest BCUT2D eigenvalue weighted by molar-refractivity contribution is 5.41. The van der Waals surface area contributed by atoms with Crippen LogP contribution in [-0.4, -0.2) is 40.6 Å². The SMILES string of the molecule is Cc1cc(NC(CN(C)C)c2ccccc2C)nc(CO)n1. The van der Waals surface area contributed by atoms with Gasteiger partial charge in [0.25, 0.3) is 0 Å². The molecular weight excluding hydrogens is 276 g/mol. The van der Waals surface area contributed by atoms with Crippen LogP contribution >= 0.6 is 0 Å². The Bertz CT molecular complexity index is 628. The van der Waals surface area contributed by atoms with Gasteiger partial charge in [0.15, 0.2) is 5.82 Å². The molecule has 0 radical (unpaired) electrons. The quantitative estimate of drug-likeness (QED) is 0.857. The molecule has 118 valence electrons. The summed E-state index contributed by atoms with van der Waals surface area (Å²) in [5.41, 5.74) is 3.34. The van der Waals surface area contributed by atoms with Crippen LogP contribution < -0.4 is 5.32 Å². The molecule has 1 atom stereocenters.